The lowest BCUT2D eigenvalue weighted by molar-refractivity contribution is 0.594. The Morgan fingerprint density at radius 3 is 2.52 bits per heavy atom. The van der Waals surface area contributed by atoms with Crippen LogP contribution in [0, 0.1) is 0 Å². The second-order valence-corrected chi connectivity index (χ2v) is 6.15. The van der Waals surface area contributed by atoms with Crippen LogP contribution >= 0.6 is 15.9 Å². The number of hydrogen-bond acceptors (Lipinski definition) is 1. The monoisotopic (exact) mass is 339 g/mol. The molecule has 0 aliphatic carbocycles. The first-order valence-electron chi connectivity index (χ1n) is 7.17. The first-order valence-corrected chi connectivity index (χ1v) is 7.96. The molecule has 1 unspecified atom stereocenters. The Kier molecular flexibility index (Phi) is 4.37. The summed E-state index contributed by atoms with van der Waals surface area (Å²) in [5, 5.41) is 6.09. The van der Waals surface area contributed by atoms with E-state index in [0.29, 0.717) is 6.04 Å². The average Bonchev–Trinajstić information content (AvgIpc) is 2.52. The van der Waals surface area contributed by atoms with Crippen molar-refractivity contribution in [2.75, 3.05) is 7.05 Å². The second-order valence-electron chi connectivity index (χ2n) is 5.24. The van der Waals surface area contributed by atoms with Gasteiger partial charge in [0.05, 0.1) is 0 Å². The first-order chi connectivity index (χ1) is 10.3. The van der Waals surface area contributed by atoms with Crippen molar-refractivity contribution in [3.8, 4) is 0 Å². The van der Waals surface area contributed by atoms with Crippen molar-refractivity contribution in [3.63, 3.8) is 0 Å². The molecule has 0 fully saturated rings. The van der Waals surface area contributed by atoms with Crippen LogP contribution in [-0.4, -0.2) is 7.05 Å². The highest BCUT2D eigenvalue weighted by Gasteiger charge is 2.12. The van der Waals surface area contributed by atoms with Gasteiger partial charge in [-0.25, -0.2) is 0 Å². The Balaban J connectivity index is 1.96. The van der Waals surface area contributed by atoms with Crippen molar-refractivity contribution in [1.82, 2.24) is 5.32 Å². The predicted molar refractivity (Wildman–Crippen MR) is 93.6 cm³/mol. The van der Waals surface area contributed by atoms with Crippen molar-refractivity contribution in [3.05, 3.63) is 82.3 Å². The van der Waals surface area contributed by atoms with E-state index in [1.165, 1.54) is 21.9 Å². The van der Waals surface area contributed by atoms with Gasteiger partial charge in [-0.1, -0.05) is 70.5 Å². The smallest absolute Gasteiger partial charge is 0.0359 e. The topological polar surface area (TPSA) is 12.0 Å². The zero-order valence-electron chi connectivity index (χ0n) is 12.0. The van der Waals surface area contributed by atoms with E-state index >= 15 is 0 Å². The van der Waals surface area contributed by atoms with Crippen LogP contribution in [0.4, 0.5) is 0 Å². The summed E-state index contributed by atoms with van der Waals surface area (Å²) in [7, 11) is 2.02. The number of benzene rings is 3. The molecule has 0 aromatic heterocycles. The standard InChI is InChI=1S/C19H18BrN/c1-21-19(16-9-5-10-17(20)12-16)13-15-8-4-7-14-6-2-3-11-18(14)15/h2-12,19,21H,13H2,1H3. The van der Waals surface area contributed by atoms with Crippen LogP contribution < -0.4 is 5.32 Å². The highest BCUT2D eigenvalue weighted by Crippen LogP contribution is 2.25. The van der Waals surface area contributed by atoms with Crippen LogP contribution in [0.15, 0.2) is 71.2 Å². The third kappa shape index (κ3) is 3.17. The molecule has 21 heavy (non-hydrogen) atoms. The minimum absolute atomic E-state index is 0.313. The molecule has 3 aromatic carbocycles. The molecule has 0 saturated carbocycles. The van der Waals surface area contributed by atoms with Gasteiger partial charge in [-0.15, -0.1) is 0 Å². The lowest BCUT2D eigenvalue weighted by atomic mass is 9.95. The summed E-state index contributed by atoms with van der Waals surface area (Å²) in [5.41, 5.74) is 2.69. The van der Waals surface area contributed by atoms with E-state index < -0.39 is 0 Å². The number of likely N-dealkylation sites (N-methyl/N-ethyl adjacent to an activating group) is 1. The Bertz CT molecular complexity index is 746. The zero-order valence-corrected chi connectivity index (χ0v) is 13.6. The molecule has 1 nitrogen and oxygen atoms in total. The normalized spacial score (nSPS) is 12.5. The Labute approximate surface area is 134 Å². The largest absolute Gasteiger partial charge is 0.313 e. The van der Waals surface area contributed by atoms with Gasteiger partial charge >= 0.3 is 0 Å². The minimum Gasteiger partial charge on any atom is -0.313 e. The van der Waals surface area contributed by atoms with Crippen molar-refractivity contribution >= 4 is 26.7 Å². The summed E-state index contributed by atoms with van der Waals surface area (Å²) in [6, 6.07) is 24.0. The summed E-state index contributed by atoms with van der Waals surface area (Å²) in [4.78, 5) is 0. The van der Waals surface area contributed by atoms with Gasteiger partial charge in [-0.05, 0) is 47.5 Å². The van der Waals surface area contributed by atoms with Crippen molar-refractivity contribution in [2.45, 2.75) is 12.5 Å². The molecule has 106 valence electrons. The summed E-state index contributed by atoms with van der Waals surface area (Å²) < 4.78 is 1.12. The molecule has 1 atom stereocenters. The van der Waals surface area contributed by atoms with Gasteiger partial charge in [-0.3, -0.25) is 0 Å². The van der Waals surface area contributed by atoms with Gasteiger partial charge in [0, 0.05) is 10.5 Å². The third-order valence-electron chi connectivity index (χ3n) is 3.90. The van der Waals surface area contributed by atoms with Crippen molar-refractivity contribution in [2.24, 2.45) is 0 Å². The molecule has 2 heteroatoms. The molecular weight excluding hydrogens is 322 g/mol. The van der Waals surface area contributed by atoms with Crippen LogP contribution in [0.25, 0.3) is 10.8 Å². The van der Waals surface area contributed by atoms with Crippen LogP contribution in [-0.2, 0) is 6.42 Å². The molecule has 0 heterocycles. The fraction of sp³-hybridized carbons (Fsp3) is 0.158. The number of halogens is 1. The van der Waals surface area contributed by atoms with Gasteiger partial charge in [0.25, 0.3) is 0 Å². The van der Waals surface area contributed by atoms with E-state index in [0.717, 1.165) is 10.9 Å². The number of rotatable bonds is 4. The van der Waals surface area contributed by atoms with E-state index in [4.69, 9.17) is 0 Å². The Morgan fingerprint density at radius 2 is 1.71 bits per heavy atom. The maximum absolute atomic E-state index is 3.56. The van der Waals surface area contributed by atoms with E-state index in [1.54, 1.807) is 0 Å². The maximum Gasteiger partial charge on any atom is 0.0359 e. The first kappa shape index (κ1) is 14.3. The number of hydrogen-bond donors (Lipinski definition) is 1. The Hall–Kier alpha value is -1.64. The fourth-order valence-corrected chi connectivity index (χ4v) is 3.22. The van der Waals surface area contributed by atoms with Crippen LogP contribution in [0.2, 0.25) is 0 Å². The minimum atomic E-state index is 0.313. The predicted octanol–water partition coefficient (Wildman–Crippen LogP) is 5.11. The summed E-state index contributed by atoms with van der Waals surface area (Å²) in [6.07, 6.45) is 0.980. The molecule has 0 aliphatic heterocycles. The van der Waals surface area contributed by atoms with Gasteiger partial charge in [0.1, 0.15) is 0 Å². The van der Waals surface area contributed by atoms with Gasteiger partial charge in [-0.2, -0.15) is 0 Å². The molecule has 3 aromatic rings. The second kappa shape index (κ2) is 6.42. The molecule has 1 N–H and O–H groups in total. The number of fused-ring (bicyclic) bond motifs is 1. The summed E-state index contributed by atoms with van der Waals surface area (Å²) in [5.74, 6) is 0. The average molecular weight is 340 g/mol. The lowest BCUT2D eigenvalue weighted by Gasteiger charge is -2.18. The molecule has 0 amide bonds. The Morgan fingerprint density at radius 1 is 0.952 bits per heavy atom. The highest BCUT2D eigenvalue weighted by atomic mass is 79.9. The molecule has 3 rings (SSSR count). The molecule has 0 radical (unpaired) electrons. The third-order valence-corrected chi connectivity index (χ3v) is 4.40. The molecule has 0 spiro atoms. The van der Waals surface area contributed by atoms with E-state index in [2.05, 4.69) is 88.0 Å². The fourth-order valence-electron chi connectivity index (χ4n) is 2.80. The van der Waals surface area contributed by atoms with E-state index in [-0.39, 0.29) is 0 Å². The lowest BCUT2D eigenvalue weighted by Crippen LogP contribution is -2.18. The van der Waals surface area contributed by atoms with Crippen molar-refractivity contribution in [1.29, 1.82) is 0 Å². The van der Waals surface area contributed by atoms with Gasteiger partial charge in [0.15, 0.2) is 0 Å². The molecule has 0 aliphatic rings. The van der Waals surface area contributed by atoms with Crippen LogP contribution in [0.3, 0.4) is 0 Å². The highest BCUT2D eigenvalue weighted by molar-refractivity contribution is 9.10. The zero-order chi connectivity index (χ0) is 14.7. The number of nitrogens with one attached hydrogen (secondary N) is 1. The summed E-state index contributed by atoms with van der Waals surface area (Å²) in [6.45, 7) is 0. The van der Waals surface area contributed by atoms with E-state index in [1.807, 2.05) is 7.05 Å². The van der Waals surface area contributed by atoms with Gasteiger partial charge < -0.3 is 5.32 Å². The summed E-state index contributed by atoms with van der Waals surface area (Å²) >= 11 is 3.56. The molecule has 0 bridgehead atoms. The van der Waals surface area contributed by atoms with Crippen LogP contribution in [0.5, 0.6) is 0 Å². The molecular formula is C19H18BrN. The van der Waals surface area contributed by atoms with Gasteiger partial charge in [0.2, 0.25) is 0 Å². The van der Waals surface area contributed by atoms with E-state index in [9.17, 15) is 0 Å². The maximum atomic E-state index is 3.56. The molecule has 0 saturated heterocycles. The SMILES string of the molecule is CNC(Cc1cccc2ccccc12)c1cccc(Br)c1. The quantitative estimate of drug-likeness (QED) is 0.696. The van der Waals surface area contributed by atoms with Crippen molar-refractivity contribution < 1.29 is 0 Å². The van der Waals surface area contributed by atoms with Crippen LogP contribution in [0.1, 0.15) is 17.2 Å².